The maximum Gasteiger partial charge on any atom is 0.416 e. The zero-order chi connectivity index (χ0) is 27.3. The van der Waals surface area contributed by atoms with E-state index in [1.807, 2.05) is 0 Å². The van der Waals surface area contributed by atoms with Crippen LogP contribution in [-0.4, -0.2) is 73.6 Å². The molecule has 212 valence electrons. The Hall–Kier alpha value is -2.08. The van der Waals surface area contributed by atoms with Crippen molar-refractivity contribution in [1.82, 2.24) is 9.88 Å². The summed E-state index contributed by atoms with van der Waals surface area (Å²) in [6.07, 6.45) is -6.21. The van der Waals surface area contributed by atoms with Gasteiger partial charge in [-0.05, 0) is 62.5 Å². The number of fused-ring (bicyclic) bond motifs is 2. The molecule has 0 spiro atoms. The minimum atomic E-state index is -4.50. The van der Waals surface area contributed by atoms with E-state index in [0.717, 1.165) is 24.8 Å². The molecule has 38 heavy (non-hydrogen) atoms. The second-order valence-electron chi connectivity index (χ2n) is 11.4. The molecule has 6 atom stereocenters. The Kier molecular flexibility index (Phi) is 7.34. The SMILES string of the molecule is CO[C@@H]1COCC[C@@H]1C[C@@H]1CC[C@](CC(F)(F)F)(C(=O)N2C[C@@H]3C[C@H]2CN3c2cc(C(F)(F)F)ccn2)C1. The third-order valence-electron chi connectivity index (χ3n) is 8.95. The number of halogens is 6. The molecule has 2 bridgehead atoms. The molecule has 3 saturated heterocycles. The lowest BCUT2D eigenvalue weighted by atomic mass is 9.78. The van der Waals surface area contributed by atoms with Crippen LogP contribution < -0.4 is 4.90 Å². The Morgan fingerprint density at radius 3 is 2.63 bits per heavy atom. The van der Waals surface area contributed by atoms with Crippen LogP contribution in [0.15, 0.2) is 18.3 Å². The van der Waals surface area contributed by atoms with Crippen molar-refractivity contribution in [2.45, 2.75) is 75.5 Å². The van der Waals surface area contributed by atoms with Gasteiger partial charge in [-0.1, -0.05) is 0 Å². The number of hydrogen-bond acceptors (Lipinski definition) is 5. The summed E-state index contributed by atoms with van der Waals surface area (Å²) in [5, 5.41) is 0. The van der Waals surface area contributed by atoms with Crippen molar-refractivity contribution in [2.75, 3.05) is 38.3 Å². The van der Waals surface area contributed by atoms with E-state index >= 15 is 0 Å². The van der Waals surface area contributed by atoms with E-state index in [-0.39, 0.29) is 61.8 Å². The molecule has 1 amide bonds. The van der Waals surface area contributed by atoms with Gasteiger partial charge < -0.3 is 19.3 Å². The third kappa shape index (κ3) is 5.48. The van der Waals surface area contributed by atoms with Gasteiger partial charge in [0.1, 0.15) is 5.82 Å². The molecule has 6 nitrogen and oxygen atoms in total. The number of likely N-dealkylation sites (tertiary alicyclic amines) is 1. The number of nitrogens with zero attached hydrogens (tertiary/aromatic N) is 3. The van der Waals surface area contributed by atoms with Crippen LogP contribution in [-0.2, 0) is 20.4 Å². The second-order valence-corrected chi connectivity index (χ2v) is 11.4. The lowest BCUT2D eigenvalue weighted by Gasteiger charge is -2.40. The Morgan fingerprint density at radius 2 is 1.97 bits per heavy atom. The van der Waals surface area contributed by atoms with Crippen LogP contribution in [0.1, 0.15) is 50.5 Å². The van der Waals surface area contributed by atoms with E-state index in [1.165, 1.54) is 0 Å². The van der Waals surface area contributed by atoms with E-state index < -0.39 is 35.7 Å². The molecule has 4 fully saturated rings. The number of carbonyl (C=O) groups is 1. The Bertz CT molecular complexity index is 1020. The lowest BCUT2D eigenvalue weighted by molar-refractivity contribution is -0.175. The maximum atomic E-state index is 13.8. The number of rotatable bonds is 6. The highest BCUT2D eigenvalue weighted by Crippen LogP contribution is 2.53. The molecule has 5 rings (SSSR count). The predicted molar refractivity (Wildman–Crippen MR) is 125 cm³/mol. The first-order valence-corrected chi connectivity index (χ1v) is 13.2. The van der Waals surface area contributed by atoms with E-state index in [9.17, 15) is 31.1 Å². The molecule has 3 aliphatic heterocycles. The average Bonchev–Trinajstić information content (AvgIpc) is 3.58. The van der Waals surface area contributed by atoms with Gasteiger partial charge in [0.2, 0.25) is 5.91 Å². The number of hydrogen-bond donors (Lipinski definition) is 0. The van der Waals surface area contributed by atoms with Crippen molar-refractivity contribution in [2.24, 2.45) is 17.3 Å². The molecule has 12 heteroatoms. The minimum absolute atomic E-state index is 0.00681. The monoisotopic (exact) mass is 549 g/mol. The van der Waals surface area contributed by atoms with Crippen LogP contribution in [0.2, 0.25) is 0 Å². The topological polar surface area (TPSA) is 54.9 Å². The first-order chi connectivity index (χ1) is 17.9. The normalized spacial score (nSPS) is 33.8. The fraction of sp³-hybridized carbons (Fsp3) is 0.769. The van der Waals surface area contributed by atoms with Crippen molar-refractivity contribution in [3.05, 3.63) is 23.9 Å². The van der Waals surface area contributed by atoms with Gasteiger partial charge in [-0.2, -0.15) is 26.3 Å². The van der Waals surface area contributed by atoms with E-state index in [0.29, 0.717) is 32.5 Å². The van der Waals surface area contributed by atoms with Gasteiger partial charge in [0.25, 0.3) is 0 Å². The van der Waals surface area contributed by atoms with E-state index in [1.54, 1.807) is 16.9 Å². The van der Waals surface area contributed by atoms with Gasteiger partial charge in [0.15, 0.2) is 0 Å². The summed E-state index contributed by atoms with van der Waals surface area (Å²) in [7, 11) is 1.61. The average molecular weight is 550 g/mol. The predicted octanol–water partition coefficient (Wildman–Crippen LogP) is 5.07. The highest BCUT2D eigenvalue weighted by Gasteiger charge is 2.57. The fourth-order valence-corrected chi connectivity index (χ4v) is 7.22. The Morgan fingerprint density at radius 1 is 1.18 bits per heavy atom. The van der Waals surface area contributed by atoms with E-state index in [2.05, 4.69) is 4.98 Å². The zero-order valence-corrected chi connectivity index (χ0v) is 21.2. The molecule has 1 saturated carbocycles. The standard InChI is InChI=1S/C26H33F6N3O3/c1-37-21-14-38-7-4-17(21)8-16-2-5-24(11-16,15-25(27,28)29)23(36)35-13-19-10-20(35)12-34(19)22-9-18(3-6-33-22)26(30,31)32/h3,6,9,16-17,19-21H,2,4-5,7-8,10-15H2,1H3/t16-,17+,19-,20-,21+,24-/m0/s1. The molecule has 1 aromatic rings. The van der Waals surface area contributed by atoms with Crippen LogP contribution >= 0.6 is 0 Å². The quantitative estimate of drug-likeness (QED) is 0.464. The molecule has 4 heterocycles. The van der Waals surface area contributed by atoms with Gasteiger partial charge in [0, 0.05) is 33.0 Å². The Labute approximate surface area is 217 Å². The molecular weight excluding hydrogens is 516 g/mol. The maximum absolute atomic E-state index is 13.8. The molecule has 0 aromatic carbocycles. The number of methoxy groups -OCH3 is 1. The molecular formula is C26H33F6N3O3. The summed E-state index contributed by atoms with van der Waals surface area (Å²) < 4.78 is 91.9. The number of carbonyl (C=O) groups excluding carboxylic acids is 1. The van der Waals surface area contributed by atoms with Gasteiger partial charge in [-0.25, -0.2) is 4.98 Å². The third-order valence-corrected chi connectivity index (χ3v) is 8.95. The van der Waals surface area contributed by atoms with Crippen LogP contribution in [0.3, 0.4) is 0 Å². The number of pyridine rings is 1. The van der Waals surface area contributed by atoms with Crippen molar-refractivity contribution in [3.8, 4) is 0 Å². The van der Waals surface area contributed by atoms with Gasteiger partial charge in [-0.3, -0.25) is 4.79 Å². The number of aromatic nitrogens is 1. The van der Waals surface area contributed by atoms with Crippen LogP contribution in [0.25, 0.3) is 0 Å². The molecule has 1 aliphatic carbocycles. The van der Waals surface area contributed by atoms with E-state index in [4.69, 9.17) is 9.47 Å². The van der Waals surface area contributed by atoms with Gasteiger partial charge in [-0.15, -0.1) is 0 Å². The highest BCUT2D eigenvalue weighted by molar-refractivity contribution is 5.84. The molecule has 0 radical (unpaired) electrons. The number of piperazine rings is 1. The molecule has 4 aliphatic rings. The second kappa shape index (κ2) is 10.1. The molecule has 0 unspecified atom stereocenters. The van der Waals surface area contributed by atoms with Gasteiger partial charge >= 0.3 is 12.4 Å². The van der Waals surface area contributed by atoms with Crippen LogP contribution in [0.4, 0.5) is 32.2 Å². The summed E-state index contributed by atoms with van der Waals surface area (Å²) in [6.45, 7) is 1.51. The van der Waals surface area contributed by atoms with Crippen molar-refractivity contribution < 1.29 is 40.6 Å². The van der Waals surface area contributed by atoms with Crippen LogP contribution in [0.5, 0.6) is 0 Å². The molecule has 1 aromatic heterocycles. The van der Waals surface area contributed by atoms with Crippen LogP contribution in [0, 0.1) is 17.3 Å². The Balaban J connectivity index is 1.29. The zero-order valence-electron chi connectivity index (χ0n) is 21.2. The lowest BCUT2D eigenvalue weighted by Crippen LogP contribution is -2.54. The number of ether oxygens (including phenoxy) is 2. The fourth-order valence-electron chi connectivity index (χ4n) is 7.22. The number of anilines is 1. The summed E-state index contributed by atoms with van der Waals surface area (Å²) in [5.74, 6) is -0.106. The first-order valence-electron chi connectivity index (χ1n) is 13.2. The first kappa shape index (κ1) is 27.5. The summed E-state index contributed by atoms with van der Waals surface area (Å²) in [6, 6.07) is 1.27. The van der Waals surface area contributed by atoms with Crippen molar-refractivity contribution in [1.29, 1.82) is 0 Å². The van der Waals surface area contributed by atoms with Crippen molar-refractivity contribution in [3.63, 3.8) is 0 Å². The minimum Gasteiger partial charge on any atom is -0.379 e. The number of amides is 1. The summed E-state index contributed by atoms with van der Waals surface area (Å²) in [5.41, 5.74) is -2.31. The number of alkyl halides is 6. The van der Waals surface area contributed by atoms with Crippen molar-refractivity contribution >= 4 is 11.7 Å². The highest BCUT2D eigenvalue weighted by atomic mass is 19.4. The molecule has 0 N–H and O–H groups in total. The summed E-state index contributed by atoms with van der Waals surface area (Å²) >= 11 is 0. The largest absolute Gasteiger partial charge is 0.416 e. The van der Waals surface area contributed by atoms with Gasteiger partial charge in [0.05, 0.1) is 42.2 Å². The summed E-state index contributed by atoms with van der Waals surface area (Å²) in [4.78, 5) is 21.2. The smallest absolute Gasteiger partial charge is 0.379 e.